The number of rotatable bonds is 4. The van der Waals surface area contributed by atoms with E-state index >= 15 is 0 Å². The summed E-state index contributed by atoms with van der Waals surface area (Å²) in [6.45, 7) is 12.7. The molecule has 0 aliphatic rings. The third-order valence-corrected chi connectivity index (χ3v) is 6.46. The van der Waals surface area contributed by atoms with Gasteiger partial charge in [0.25, 0.3) is 5.56 Å². The van der Waals surface area contributed by atoms with Crippen molar-refractivity contribution in [2.45, 2.75) is 58.8 Å². The Balaban J connectivity index is 0.000000273. The normalized spacial score (nSPS) is 11.5. The number of hydrogen-bond acceptors (Lipinski definition) is 4. The highest BCUT2D eigenvalue weighted by atomic mass is 127. The van der Waals surface area contributed by atoms with E-state index in [1.165, 1.54) is 16.8 Å². The largest absolute Gasteiger partial charge is 0.508 e. The molecule has 0 unspecified atom stereocenters. The van der Waals surface area contributed by atoms with Gasteiger partial charge in [-0.2, -0.15) is 0 Å². The lowest BCUT2D eigenvalue weighted by molar-refractivity contribution is 0.394. The zero-order valence-electron chi connectivity index (χ0n) is 20.3. The number of halogens is 1. The van der Waals surface area contributed by atoms with Crippen LogP contribution in [0, 0.1) is 3.57 Å². The first-order valence-electron chi connectivity index (χ1n) is 10.8. The molecule has 0 fully saturated rings. The maximum atomic E-state index is 11.9. The molecule has 3 rings (SSSR count). The second-order valence-corrected chi connectivity index (χ2v) is 10.7. The maximum absolute atomic E-state index is 11.9. The summed E-state index contributed by atoms with van der Waals surface area (Å²) < 4.78 is 7.82. The summed E-state index contributed by atoms with van der Waals surface area (Å²) in [5.41, 5.74) is 1.82. The van der Waals surface area contributed by atoms with E-state index in [1.54, 1.807) is 13.2 Å². The van der Waals surface area contributed by atoms with E-state index in [1.807, 2.05) is 30.3 Å². The van der Waals surface area contributed by atoms with Crippen molar-refractivity contribution >= 4 is 22.6 Å². The summed E-state index contributed by atoms with van der Waals surface area (Å²) in [6.07, 6.45) is 2.51. The minimum absolute atomic E-state index is 0.0747. The highest BCUT2D eigenvalue weighted by molar-refractivity contribution is 14.1. The van der Waals surface area contributed by atoms with E-state index in [0.29, 0.717) is 11.4 Å². The van der Waals surface area contributed by atoms with Crippen molar-refractivity contribution in [2.75, 3.05) is 7.11 Å². The summed E-state index contributed by atoms with van der Waals surface area (Å²) in [4.78, 5) is 25.4. The smallest absolute Gasteiger partial charge is 0.332 e. The Morgan fingerprint density at radius 3 is 2.18 bits per heavy atom. The van der Waals surface area contributed by atoms with Crippen LogP contribution < -0.4 is 16.0 Å². The summed E-state index contributed by atoms with van der Waals surface area (Å²) in [5, 5.41) is 9.58. The fourth-order valence-electron chi connectivity index (χ4n) is 3.34. The molecule has 3 aromatic rings. The van der Waals surface area contributed by atoms with Crippen LogP contribution in [0.25, 0.3) is 5.69 Å². The fraction of sp³-hybridized carbons (Fsp3) is 0.385. The van der Waals surface area contributed by atoms with Crippen LogP contribution in [0.2, 0.25) is 0 Å². The fourth-order valence-corrected chi connectivity index (χ4v) is 4.17. The van der Waals surface area contributed by atoms with Gasteiger partial charge >= 0.3 is 5.69 Å². The molecule has 1 heterocycles. The molecule has 2 aromatic carbocycles. The number of phenolic OH excluding ortho intramolecular Hbond substituents is 1. The molecule has 0 aliphatic carbocycles. The van der Waals surface area contributed by atoms with E-state index in [2.05, 4.69) is 69.1 Å². The van der Waals surface area contributed by atoms with Gasteiger partial charge in [0.1, 0.15) is 11.5 Å². The molecule has 2 N–H and O–H groups in total. The van der Waals surface area contributed by atoms with E-state index in [0.717, 1.165) is 26.9 Å². The lowest BCUT2D eigenvalue weighted by Gasteiger charge is -2.24. The third kappa shape index (κ3) is 6.50. The van der Waals surface area contributed by atoms with Crippen LogP contribution in [-0.2, 0) is 10.8 Å². The Bertz CT molecular complexity index is 1220. The van der Waals surface area contributed by atoms with Crippen LogP contribution in [0.3, 0.4) is 0 Å². The van der Waals surface area contributed by atoms with Crippen molar-refractivity contribution in [3.8, 4) is 17.2 Å². The van der Waals surface area contributed by atoms with Crippen molar-refractivity contribution in [3.05, 3.63) is 84.2 Å². The number of para-hydroxylation sites is 1. The van der Waals surface area contributed by atoms with Crippen LogP contribution in [-0.4, -0.2) is 21.8 Å². The molecule has 0 bridgehead atoms. The first-order chi connectivity index (χ1) is 15.3. The summed E-state index contributed by atoms with van der Waals surface area (Å²) in [6, 6.07) is 12.6. The quantitative estimate of drug-likeness (QED) is 0.409. The van der Waals surface area contributed by atoms with Gasteiger partial charge in [-0.05, 0) is 63.6 Å². The van der Waals surface area contributed by atoms with Crippen LogP contribution >= 0.6 is 22.6 Å². The molecule has 0 spiro atoms. The maximum Gasteiger partial charge on any atom is 0.332 e. The Labute approximate surface area is 208 Å². The summed E-state index contributed by atoms with van der Waals surface area (Å²) in [5.74, 6) is 1.22. The van der Waals surface area contributed by atoms with Gasteiger partial charge in [0.2, 0.25) is 0 Å². The zero-order chi connectivity index (χ0) is 25.0. The topological polar surface area (TPSA) is 84.3 Å². The number of benzene rings is 2. The second-order valence-electron chi connectivity index (χ2n) is 9.49. The molecule has 6 nitrogen and oxygen atoms in total. The number of aromatic amines is 1. The van der Waals surface area contributed by atoms with Gasteiger partial charge in [0.05, 0.1) is 16.4 Å². The van der Waals surface area contributed by atoms with Crippen molar-refractivity contribution in [1.29, 1.82) is 0 Å². The average Bonchev–Trinajstić information content (AvgIpc) is 2.73. The van der Waals surface area contributed by atoms with Crippen LogP contribution in [0.1, 0.15) is 59.1 Å². The van der Waals surface area contributed by atoms with Crippen molar-refractivity contribution in [1.82, 2.24) is 9.55 Å². The van der Waals surface area contributed by atoms with E-state index < -0.39 is 11.2 Å². The molecule has 178 valence electrons. The highest BCUT2D eigenvalue weighted by Crippen LogP contribution is 2.36. The van der Waals surface area contributed by atoms with Gasteiger partial charge in [-0.3, -0.25) is 14.3 Å². The van der Waals surface area contributed by atoms with Crippen LogP contribution in [0.5, 0.6) is 11.5 Å². The number of hydrogen-bond donors (Lipinski definition) is 2. The van der Waals surface area contributed by atoms with Gasteiger partial charge in [-0.15, -0.1) is 0 Å². The molecule has 0 radical (unpaired) electrons. The molecular formula is C26H33IN2O4. The monoisotopic (exact) mass is 564 g/mol. The number of aromatic nitrogens is 2. The second kappa shape index (κ2) is 10.6. The standard InChI is InChI=1S/C15H17IN2O3.C11H16O/c1-15(2,3)10-7-9(8-11(16)13(10)21-4)18-6-5-12(19)17-14(18)20;1-4-11(2,3)9-7-5-6-8-10(9)12/h5-8H,1-4H3,(H,17,19,20);5-8,12H,4H2,1-3H3. The Morgan fingerprint density at radius 2 is 1.67 bits per heavy atom. The van der Waals surface area contributed by atoms with Crippen LogP contribution in [0.15, 0.2) is 58.3 Å². The summed E-state index contributed by atoms with van der Waals surface area (Å²) >= 11 is 2.18. The Hall–Kier alpha value is -2.55. The first kappa shape index (κ1) is 26.7. The molecule has 1 aromatic heterocycles. The first-order valence-corrected chi connectivity index (χ1v) is 11.9. The molecule has 0 atom stereocenters. The highest BCUT2D eigenvalue weighted by Gasteiger charge is 2.22. The van der Waals surface area contributed by atoms with Gasteiger partial charge in [-0.1, -0.05) is 59.7 Å². The average molecular weight is 564 g/mol. The van der Waals surface area contributed by atoms with Gasteiger partial charge in [0.15, 0.2) is 0 Å². The van der Waals surface area contributed by atoms with Gasteiger partial charge in [-0.25, -0.2) is 4.79 Å². The van der Waals surface area contributed by atoms with E-state index in [4.69, 9.17) is 4.74 Å². The molecule has 0 amide bonds. The minimum atomic E-state index is -0.455. The van der Waals surface area contributed by atoms with E-state index in [-0.39, 0.29) is 10.8 Å². The lowest BCUT2D eigenvalue weighted by atomic mass is 9.82. The van der Waals surface area contributed by atoms with Crippen molar-refractivity contribution < 1.29 is 9.84 Å². The zero-order valence-corrected chi connectivity index (χ0v) is 22.5. The van der Waals surface area contributed by atoms with E-state index in [9.17, 15) is 14.7 Å². The predicted octanol–water partition coefficient (Wildman–Crippen LogP) is 5.52. The number of nitrogens with zero attached hydrogens (tertiary/aromatic N) is 1. The predicted molar refractivity (Wildman–Crippen MR) is 142 cm³/mol. The van der Waals surface area contributed by atoms with Crippen molar-refractivity contribution in [2.24, 2.45) is 0 Å². The number of aromatic hydroxyl groups is 1. The Kier molecular flexibility index (Phi) is 8.57. The number of nitrogens with one attached hydrogen (secondary N) is 1. The number of H-pyrrole nitrogens is 1. The van der Waals surface area contributed by atoms with Gasteiger partial charge < -0.3 is 9.84 Å². The molecular weight excluding hydrogens is 531 g/mol. The molecule has 0 saturated carbocycles. The molecule has 33 heavy (non-hydrogen) atoms. The molecule has 0 aliphatic heterocycles. The third-order valence-electron chi connectivity index (χ3n) is 5.66. The lowest BCUT2D eigenvalue weighted by Crippen LogP contribution is -2.28. The minimum Gasteiger partial charge on any atom is -0.508 e. The summed E-state index contributed by atoms with van der Waals surface area (Å²) in [7, 11) is 1.64. The number of ether oxygens (including phenoxy) is 1. The number of phenols is 1. The number of methoxy groups -OCH3 is 1. The van der Waals surface area contributed by atoms with Gasteiger partial charge in [0, 0.05) is 17.8 Å². The molecule has 7 heteroatoms. The molecule has 0 saturated heterocycles. The Morgan fingerprint density at radius 1 is 1.03 bits per heavy atom. The van der Waals surface area contributed by atoms with Crippen LogP contribution in [0.4, 0.5) is 0 Å². The SMILES string of the molecule is CCC(C)(C)c1ccccc1O.COc1c(I)cc(-n2ccc(=O)[nH]c2=O)cc1C(C)(C)C. The van der Waals surface area contributed by atoms with Crippen molar-refractivity contribution in [3.63, 3.8) is 0 Å².